The Morgan fingerprint density at radius 1 is 0.389 bits per heavy atom. The topological polar surface area (TPSA) is 112 Å². The van der Waals surface area contributed by atoms with E-state index in [-0.39, 0.29) is 23.5 Å². The number of fused-ring (bicyclic) bond motifs is 3. The van der Waals surface area contributed by atoms with Gasteiger partial charge >= 0.3 is 0 Å². The van der Waals surface area contributed by atoms with E-state index in [1.54, 1.807) is 12.1 Å². The Hall–Kier alpha value is -7.84. The summed E-state index contributed by atoms with van der Waals surface area (Å²) >= 11 is 0. The molecule has 13 heteroatoms. The number of nitrogens with zero attached hydrogens (tertiary/aromatic N) is 6. The predicted molar refractivity (Wildman–Crippen MR) is 369 cm³/mol. The molecule has 0 radical (unpaired) electrons. The molecule has 0 spiro atoms. The number of aromatic nitrogens is 3. The van der Waals surface area contributed by atoms with Crippen LogP contribution in [0.5, 0.6) is 0 Å². The predicted octanol–water partition coefficient (Wildman–Crippen LogP) is 14.8. The van der Waals surface area contributed by atoms with Crippen molar-refractivity contribution in [2.75, 3.05) is 60.4 Å². The van der Waals surface area contributed by atoms with Crippen LogP contribution in [0.2, 0.25) is 0 Å². The smallest absolute Gasteiger partial charge is 0.239 e. The van der Waals surface area contributed by atoms with Crippen LogP contribution in [0, 0.1) is 19.7 Å². The summed E-state index contributed by atoms with van der Waals surface area (Å²) in [5.74, 6) is -0.0493. The molecule has 3 aromatic heterocycles. The molecule has 3 aliphatic rings. The molecule has 6 aromatic carbocycles. The molecule has 3 saturated carbocycles. The molecule has 12 nitrogen and oxygen atoms in total. The molecule has 3 heterocycles. The normalized spacial score (nSPS) is 15.0. The third-order valence-electron chi connectivity index (χ3n) is 19.1. The lowest BCUT2D eigenvalue weighted by atomic mass is 9.94. The van der Waals surface area contributed by atoms with Crippen molar-refractivity contribution >= 4 is 50.4 Å². The Morgan fingerprint density at radius 2 is 0.756 bits per heavy atom. The number of benzene rings is 6. The van der Waals surface area contributed by atoms with Gasteiger partial charge in [-0.3, -0.25) is 14.4 Å². The fourth-order valence-corrected chi connectivity index (χ4v) is 13.6. The molecule has 0 atom stereocenters. The number of rotatable bonds is 21. The number of nitrogens with one attached hydrogen (secondary N) is 3. The number of carbonyl (C=O) groups excluding carboxylic acids is 3. The summed E-state index contributed by atoms with van der Waals surface area (Å²) in [7, 11) is 6.54. The molecule has 90 heavy (non-hydrogen) atoms. The van der Waals surface area contributed by atoms with Gasteiger partial charge < -0.3 is 44.4 Å². The van der Waals surface area contributed by atoms with Crippen molar-refractivity contribution < 1.29 is 18.8 Å². The molecule has 0 saturated heterocycles. The standard InChI is InChI=1S/2C26H33N3O.C25H30FN3O/c1-20-7-6-8-22(17-20)23-12-11-21-13-15-29(25(21)18-23)19-26(30)27-14-16-28(2)24-9-4-3-5-10-24;1-20-8-10-21(11-9-20)22-12-13-25-23(18-22)14-16-29(25)19-26(30)27-15-17-28(2)24-6-4-3-5-7-24;1-28(23-5-3-2-4-6-23)16-14-27-25(30)18-29-15-13-21-17-20(9-12-24(21)29)19-7-10-22(26)11-8-19/h6-8,11-13,15,17-18,24H,3-5,9-10,14,16,19H2,1-2H3,(H,27,30);8-14,16,18,24H,3-7,15,17,19H2,1-2H3,(H,27,30);7-13,15,17,23H,2-6,14,16,18H2,1H3,(H,27,30). The zero-order valence-electron chi connectivity index (χ0n) is 54.1. The first-order valence-corrected chi connectivity index (χ1v) is 33.4. The van der Waals surface area contributed by atoms with Crippen molar-refractivity contribution in [1.82, 2.24) is 44.4 Å². The molecule has 3 fully saturated rings. The second-order valence-corrected chi connectivity index (χ2v) is 25.8. The van der Waals surface area contributed by atoms with Gasteiger partial charge in [-0.05, 0) is 173 Å². The number of amides is 3. The van der Waals surface area contributed by atoms with E-state index in [1.807, 2.05) is 45.9 Å². The van der Waals surface area contributed by atoms with E-state index in [0.717, 1.165) is 63.5 Å². The second-order valence-electron chi connectivity index (χ2n) is 25.8. The van der Waals surface area contributed by atoms with Crippen LogP contribution in [-0.4, -0.2) is 125 Å². The molecule has 3 aliphatic carbocycles. The number of hydrogen-bond donors (Lipinski definition) is 3. The highest BCUT2D eigenvalue weighted by Gasteiger charge is 2.21. The molecular weight excluding hydrogens is 1120 g/mol. The zero-order valence-corrected chi connectivity index (χ0v) is 54.1. The highest BCUT2D eigenvalue weighted by Crippen LogP contribution is 2.30. The number of carbonyl (C=O) groups is 3. The molecule has 474 valence electrons. The summed E-state index contributed by atoms with van der Waals surface area (Å²) in [6.45, 7) is 10.1. The molecule has 0 bridgehead atoms. The highest BCUT2D eigenvalue weighted by atomic mass is 19.1. The van der Waals surface area contributed by atoms with Crippen LogP contribution in [0.1, 0.15) is 107 Å². The molecule has 9 aromatic rings. The first kappa shape index (κ1) is 65.1. The molecular formula is C77H96FN9O3. The monoisotopic (exact) mass is 1210 g/mol. The summed E-state index contributed by atoms with van der Waals surface area (Å²) in [6, 6.07) is 50.9. The van der Waals surface area contributed by atoms with E-state index in [1.165, 1.54) is 142 Å². The SMILES string of the molecule is CN(CCNC(=O)Cn1ccc2cc(-c3ccc(F)cc3)ccc21)C1CCCCC1.Cc1ccc(-c2ccc3c(ccn3CC(=O)NCCN(C)C3CCCCC3)c2)cc1.Cc1cccc(-c2ccc3ccn(CC(=O)NCCN(C)C4CCCCC4)c3c2)c1. The number of aryl methyl sites for hydroxylation is 2. The molecule has 3 N–H and O–H groups in total. The van der Waals surface area contributed by atoms with Gasteiger partial charge in [-0.15, -0.1) is 0 Å². The summed E-state index contributed by atoms with van der Waals surface area (Å²) in [6.07, 6.45) is 25.8. The van der Waals surface area contributed by atoms with Crippen molar-refractivity contribution in [3.63, 3.8) is 0 Å². The van der Waals surface area contributed by atoms with Gasteiger partial charge in [0.2, 0.25) is 17.7 Å². The van der Waals surface area contributed by atoms with E-state index >= 15 is 0 Å². The number of halogens is 1. The van der Waals surface area contributed by atoms with Crippen LogP contribution in [-0.2, 0) is 34.0 Å². The Morgan fingerprint density at radius 3 is 1.19 bits per heavy atom. The lowest BCUT2D eigenvalue weighted by molar-refractivity contribution is -0.122. The Bertz CT molecular complexity index is 3590. The average molecular weight is 1210 g/mol. The molecule has 0 aliphatic heterocycles. The zero-order chi connectivity index (χ0) is 62.8. The van der Waals surface area contributed by atoms with Gasteiger partial charge in [-0.25, -0.2) is 4.39 Å². The van der Waals surface area contributed by atoms with Crippen LogP contribution in [0.25, 0.3) is 66.1 Å². The van der Waals surface area contributed by atoms with Gasteiger partial charge in [0, 0.05) is 103 Å². The van der Waals surface area contributed by atoms with E-state index in [2.05, 4.69) is 173 Å². The van der Waals surface area contributed by atoms with Crippen molar-refractivity contribution in [2.24, 2.45) is 0 Å². The van der Waals surface area contributed by atoms with E-state index in [0.29, 0.717) is 57.4 Å². The average Bonchev–Trinajstić information content (AvgIpc) is 2.01. The van der Waals surface area contributed by atoms with E-state index in [9.17, 15) is 18.8 Å². The molecule has 0 unspecified atom stereocenters. The largest absolute Gasteiger partial charge is 0.353 e. The van der Waals surface area contributed by atoms with Gasteiger partial charge in [0.15, 0.2) is 0 Å². The minimum atomic E-state index is -0.234. The maximum Gasteiger partial charge on any atom is 0.239 e. The Labute approximate surface area is 533 Å². The summed E-state index contributed by atoms with van der Waals surface area (Å²) in [4.78, 5) is 44.7. The van der Waals surface area contributed by atoms with Crippen LogP contribution < -0.4 is 16.0 Å². The molecule has 3 amide bonds. The van der Waals surface area contributed by atoms with E-state index < -0.39 is 0 Å². The van der Waals surface area contributed by atoms with Crippen molar-refractivity contribution in [2.45, 2.75) is 148 Å². The third-order valence-corrected chi connectivity index (χ3v) is 19.1. The van der Waals surface area contributed by atoms with Gasteiger partial charge in [0.25, 0.3) is 0 Å². The third kappa shape index (κ3) is 18.2. The van der Waals surface area contributed by atoms with E-state index in [4.69, 9.17) is 0 Å². The van der Waals surface area contributed by atoms with Crippen molar-refractivity contribution in [1.29, 1.82) is 0 Å². The van der Waals surface area contributed by atoms with Gasteiger partial charge in [0.05, 0.1) is 0 Å². The summed E-state index contributed by atoms with van der Waals surface area (Å²) < 4.78 is 19.2. The molecule has 12 rings (SSSR count). The first-order valence-electron chi connectivity index (χ1n) is 33.4. The Kier molecular flexibility index (Phi) is 23.3. The van der Waals surface area contributed by atoms with Crippen LogP contribution in [0.3, 0.4) is 0 Å². The van der Waals surface area contributed by atoms with Gasteiger partial charge in [0.1, 0.15) is 25.5 Å². The number of likely N-dealkylation sites (N-methyl/N-ethyl adjacent to an activating group) is 3. The fourth-order valence-electron chi connectivity index (χ4n) is 13.6. The van der Waals surface area contributed by atoms with Gasteiger partial charge in [-0.2, -0.15) is 0 Å². The van der Waals surface area contributed by atoms with Gasteiger partial charge in [-0.1, -0.05) is 154 Å². The second kappa shape index (κ2) is 32.3. The Balaban J connectivity index is 0.000000148. The minimum absolute atomic E-state index is 0.0344. The van der Waals surface area contributed by atoms with Crippen LogP contribution >= 0.6 is 0 Å². The fraction of sp³-hybridized carbons (Fsp3) is 0.416. The lowest BCUT2D eigenvalue weighted by Gasteiger charge is -2.31. The maximum atomic E-state index is 13.2. The van der Waals surface area contributed by atoms with Crippen molar-refractivity contribution in [3.8, 4) is 33.4 Å². The van der Waals surface area contributed by atoms with Crippen LogP contribution in [0.15, 0.2) is 164 Å². The number of hydrogen-bond acceptors (Lipinski definition) is 6. The maximum absolute atomic E-state index is 13.2. The van der Waals surface area contributed by atoms with Crippen LogP contribution in [0.4, 0.5) is 4.39 Å². The summed E-state index contributed by atoms with van der Waals surface area (Å²) in [5, 5.41) is 12.7. The first-order chi connectivity index (χ1) is 43.8. The summed E-state index contributed by atoms with van der Waals surface area (Å²) in [5.41, 5.74) is 12.6. The van der Waals surface area contributed by atoms with Crippen molar-refractivity contribution in [3.05, 3.63) is 181 Å². The minimum Gasteiger partial charge on any atom is -0.353 e. The quantitative estimate of drug-likeness (QED) is 0.0661. The highest BCUT2D eigenvalue weighted by molar-refractivity contribution is 5.90. The lowest BCUT2D eigenvalue weighted by Crippen LogP contribution is -2.40.